The molecule has 0 spiro atoms. The third-order valence-electron chi connectivity index (χ3n) is 7.60. The molecule has 0 aliphatic carbocycles. The average molecular weight is 717 g/mol. The van der Waals surface area contributed by atoms with E-state index in [4.69, 9.17) is 24.2 Å². The van der Waals surface area contributed by atoms with Gasteiger partial charge in [0.1, 0.15) is 18.2 Å². The Balaban J connectivity index is 0.000000960. The molecule has 0 aromatic rings. The van der Waals surface area contributed by atoms with Crippen molar-refractivity contribution in [1.82, 2.24) is 16.0 Å². The van der Waals surface area contributed by atoms with Gasteiger partial charge in [-0.25, -0.2) is 0 Å². The first-order valence-corrected chi connectivity index (χ1v) is 17.7. The molecule has 0 saturated carbocycles. The number of aliphatic hydroxyl groups excluding tert-OH is 3. The number of hydrogen-bond acceptors (Lipinski definition) is 11. The SMILES string of the molecule is CC(=O)N[C@H]1[C@H](OCCCCCNC(=O)C(C)C)O[C@H](O)[C@H](O)[C@@H]1O.CC(C)(C#N)CCC(=O)NCCC(C)(C)OCC(C)(C)OC(C)(C)C. The predicted octanol–water partition coefficient (Wildman–Crippen LogP) is 3.06. The highest BCUT2D eigenvalue weighted by atomic mass is 16.7. The molecule has 14 heteroatoms. The van der Waals surface area contributed by atoms with Gasteiger partial charge < -0.3 is 50.2 Å². The van der Waals surface area contributed by atoms with E-state index in [1.165, 1.54) is 6.92 Å². The lowest BCUT2D eigenvalue weighted by Crippen LogP contribution is -2.63. The van der Waals surface area contributed by atoms with Crippen LogP contribution in [0.25, 0.3) is 0 Å². The van der Waals surface area contributed by atoms with Gasteiger partial charge in [0, 0.05) is 39.0 Å². The fourth-order valence-electron chi connectivity index (χ4n) is 4.77. The quantitative estimate of drug-likeness (QED) is 0.107. The minimum Gasteiger partial charge on any atom is -0.388 e. The smallest absolute Gasteiger partial charge is 0.222 e. The van der Waals surface area contributed by atoms with Crippen molar-refractivity contribution in [2.45, 2.75) is 169 Å². The highest BCUT2D eigenvalue weighted by molar-refractivity contribution is 5.77. The maximum absolute atomic E-state index is 11.9. The molecule has 0 aromatic heterocycles. The number of aliphatic hydroxyl groups is 3. The van der Waals surface area contributed by atoms with Crippen LogP contribution in [0.5, 0.6) is 0 Å². The third-order valence-corrected chi connectivity index (χ3v) is 7.60. The highest BCUT2D eigenvalue weighted by Crippen LogP contribution is 2.24. The van der Waals surface area contributed by atoms with Gasteiger partial charge in [0.05, 0.1) is 34.9 Å². The predicted molar refractivity (Wildman–Crippen MR) is 189 cm³/mol. The van der Waals surface area contributed by atoms with Gasteiger partial charge in [-0.2, -0.15) is 5.26 Å². The summed E-state index contributed by atoms with van der Waals surface area (Å²) in [5.74, 6) is -0.446. The van der Waals surface area contributed by atoms with Crippen molar-refractivity contribution in [1.29, 1.82) is 5.26 Å². The molecular formula is C36H68N4O10. The molecule has 1 aliphatic rings. The summed E-state index contributed by atoms with van der Waals surface area (Å²) in [7, 11) is 0. The Kier molecular flexibility index (Phi) is 20.8. The van der Waals surface area contributed by atoms with Crippen molar-refractivity contribution >= 4 is 17.7 Å². The maximum Gasteiger partial charge on any atom is 0.222 e. The van der Waals surface area contributed by atoms with Gasteiger partial charge in [-0.05, 0) is 94.4 Å². The lowest BCUT2D eigenvalue weighted by atomic mass is 9.90. The zero-order valence-electron chi connectivity index (χ0n) is 32.7. The van der Waals surface area contributed by atoms with Crippen LogP contribution >= 0.6 is 0 Å². The van der Waals surface area contributed by atoms with Crippen LogP contribution in [0.2, 0.25) is 0 Å². The van der Waals surface area contributed by atoms with Crippen molar-refractivity contribution in [2.24, 2.45) is 11.3 Å². The summed E-state index contributed by atoms with van der Waals surface area (Å²) in [5.41, 5.74) is -1.40. The van der Waals surface area contributed by atoms with E-state index >= 15 is 0 Å². The van der Waals surface area contributed by atoms with Crippen LogP contribution in [-0.2, 0) is 33.3 Å². The molecule has 1 aliphatic heterocycles. The Hall–Kier alpha value is -2.38. The first-order chi connectivity index (χ1) is 22.8. The Morgan fingerprint density at radius 2 is 1.48 bits per heavy atom. The molecular weight excluding hydrogens is 648 g/mol. The summed E-state index contributed by atoms with van der Waals surface area (Å²) in [5, 5.41) is 46.3. The summed E-state index contributed by atoms with van der Waals surface area (Å²) < 4.78 is 22.7. The molecule has 292 valence electrons. The maximum atomic E-state index is 11.9. The van der Waals surface area contributed by atoms with Gasteiger partial charge in [-0.3, -0.25) is 14.4 Å². The van der Waals surface area contributed by atoms with E-state index in [-0.39, 0.29) is 41.1 Å². The Labute approximate surface area is 300 Å². The monoisotopic (exact) mass is 716 g/mol. The zero-order valence-corrected chi connectivity index (χ0v) is 32.7. The van der Waals surface area contributed by atoms with Gasteiger partial charge in [0.2, 0.25) is 17.7 Å². The normalized spacial score (nSPS) is 21.5. The van der Waals surface area contributed by atoms with Crippen LogP contribution in [0.3, 0.4) is 0 Å². The van der Waals surface area contributed by atoms with E-state index in [2.05, 4.69) is 22.0 Å². The zero-order chi connectivity index (χ0) is 38.9. The number of amides is 3. The van der Waals surface area contributed by atoms with Crippen LogP contribution in [0, 0.1) is 22.7 Å². The molecule has 0 unspecified atom stereocenters. The molecule has 1 rings (SSSR count). The summed E-state index contributed by atoms with van der Waals surface area (Å²) >= 11 is 0. The van der Waals surface area contributed by atoms with Crippen LogP contribution in [0.1, 0.15) is 122 Å². The Morgan fingerprint density at radius 1 is 0.860 bits per heavy atom. The molecule has 1 saturated heterocycles. The summed E-state index contributed by atoms with van der Waals surface area (Å²) in [6, 6.07) is 1.24. The van der Waals surface area contributed by atoms with Gasteiger partial charge >= 0.3 is 0 Å². The molecule has 0 bridgehead atoms. The second-order valence-electron chi connectivity index (χ2n) is 16.1. The molecule has 14 nitrogen and oxygen atoms in total. The number of unbranched alkanes of at least 4 members (excludes halogenated alkanes) is 2. The number of rotatable bonds is 19. The fraction of sp³-hybridized carbons (Fsp3) is 0.889. The van der Waals surface area contributed by atoms with E-state index < -0.39 is 42.2 Å². The molecule has 50 heavy (non-hydrogen) atoms. The number of hydrogen-bond donors (Lipinski definition) is 6. The number of carbonyl (C=O) groups is 3. The van der Waals surface area contributed by atoms with E-state index in [0.717, 1.165) is 12.8 Å². The minimum absolute atomic E-state index is 0.0180. The van der Waals surface area contributed by atoms with Gasteiger partial charge in [0.15, 0.2) is 12.6 Å². The summed E-state index contributed by atoms with van der Waals surface area (Å²) in [4.78, 5) is 34.5. The molecule has 0 radical (unpaired) electrons. The first-order valence-electron chi connectivity index (χ1n) is 17.7. The largest absolute Gasteiger partial charge is 0.388 e. The third kappa shape index (κ3) is 21.8. The minimum atomic E-state index is -1.59. The second-order valence-corrected chi connectivity index (χ2v) is 16.1. The van der Waals surface area contributed by atoms with Crippen molar-refractivity contribution in [3.63, 3.8) is 0 Å². The van der Waals surface area contributed by atoms with E-state index in [1.807, 2.05) is 76.2 Å². The summed E-state index contributed by atoms with van der Waals surface area (Å²) in [6.07, 6.45) is -1.64. The lowest BCUT2D eigenvalue weighted by Gasteiger charge is -2.40. The fourth-order valence-corrected chi connectivity index (χ4v) is 4.77. The van der Waals surface area contributed by atoms with Crippen LogP contribution in [0.15, 0.2) is 0 Å². The Morgan fingerprint density at radius 3 is 2.02 bits per heavy atom. The van der Waals surface area contributed by atoms with Crippen molar-refractivity contribution in [3.8, 4) is 6.07 Å². The lowest BCUT2D eigenvalue weighted by molar-refractivity contribution is -0.315. The number of carbonyl (C=O) groups excluding carboxylic acids is 3. The number of nitriles is 1. The van der Waals surface area contributed by atoms with Crippen LogP contribution in [-0.4, -0.2) is 107 Å². The molecule has 5 atom stereocenters. The van der Waals surface area contributed by atoms with Crippen LogP contribution < -0.4 is 16.0 Å². The van der Waals surface area contributed by atoms with Gasteiger partial charge in [0.25, 0.3) is 0 Å². The number of nitrogens with one attached hydrogen (secondary N) is 3. The van der Waals surface area contributed by atoms with Gasteiger partial charge in [-0.15, -0.1) is 0 Å². The Bertz CT molecular complexity index is 1070. The van der Waals surface area contributed by atoms with Crippen LogP contribution in [0.4, 0.5) is 0 Å². The van der Waals surface area contributed by atoms with E-state index in [1.54, 1.807) is 0 Å². The number of nitrogens with zero attached hydrogens (tertiary/aromatic N) is 1. The van der Waals surface area contributed by atoms with E-state index in [9.17, 15) is 29.7 Å². The van der Waals surface area contributed by atoms with Crippen molar-refractivity contribution in [2.75, 3.05) is 26.3 Å². The molecule has 6 N–H and O–H groups in total. The van der Waals surface area contributed by atoms with Crippen molar-refractivity contribution in [3.05, 3.63) is 0 Å². The van der Waals surface area contributed by atoms with Crippen molar-refractivity contribution < 1.29 is 48.7 Å². The number of ether oxygens (including phenoxy) is 4. The van der Waals surface area contributed by atoms with E-state index in [0.29, 0.717) is 45.4 Å². The average Bonchev–Trinajstić information content (AvgIpc) is 2.98. The topological polar surface area (TPSA) is 209 Å². The molecule has 1 heterocycles. The first kappa shape index (κ1) is 47.6. The summed E-state index contributed by atoms with van der Waals surface area (Å²) in [6.45, 7) is 24.7. The molecule has 0 aromatic carbocycles. The molecule has 1 fully saturated rings. The standard InChI is InChI=1S/C20H38N2O3.C16H30N2O7/c1-17(2,3)25-20(8,9)15-24-19(6,7)12-13-22-16(23)10-11-18(4,5)14-21;1-9(2)14(22)17-7-5-4-6-8-24-16-11(18-10(3)19)12(20)13(21)15(23)25-16/h10-13,15H2,1-9H3,(H,22,23);9,11-13,15-16,20-21,23H,4-8H2,1-3H3,(H,17,22)(H,18,19)/t;11-,12-,13-,15+,16-/m.1/s1. The second kappa shape index (κ2) is 21.9. The highest BCUT2D eigenvalue weighted by Gasteiger charge is 2.45. The van der Waals surface area contributed by atoms with Gasteiger partial charge in [-0.1, -0.05) is 13.8 Å². The molecule has 3 amide bonds.